The Kier molecular flexibility index (Phi) is 8.77. The molecule has 1 unspecified atom stereocenters. The highest BCUT2D eigenvalue weighted by atomic mass is 14.7. The Morgan fingerprint density at radius 3 is 2.26 bits per heavy atom. The predicted octanol–water partition coefficient (Wildman–Crippen LogP) is 9.01. The van der Waals surface area contributed by atoms with Crippen molar-refractivity contribution in [3.05, 3.63) is 151 Å². The normalized spacial score (nSPS) is 13.5. The Hall–Kier alpha value is -5.50. The van der Waals surface area contributed by atoms with Crippen molar-refractivity contribution in [1.29, 1.82) is 5.26 Å². The molecule has 1 aromatic heterocycles. The van der Waals surface area contributed by atoms with Crippen LogP contribution in [0.5, 0.6) is 0 Å². The van der Waals surface area contributed by atoms with Gasteiger partial charge in [0.25, 0.3) is 0 Å². The molecule has 0 bridgehead atoms. The molecule has 0 aliphatic heterocycles. The van der Waals surface area contributed by atoms with Gasteiger partial charge in [0.05, 0.1) is 17.5 Å². The zero-order valence-corrected chi connectivity index (χ0v) is 24.3. The van der Waals surface area contributed by atoms with Crippen LogP contribution in [0.1, 0.15) is 24.6 Å². The zero-order valence-electron chi connectivity index (χ0n) is 24.3. The quantitative estimate of drug-likeness (QED) is 0.140. The van der Waals surface area contributed by atoms with E-state index >= 15 is 0 Å². The molecule has 1 heterocycles. The Bertz CT molecular complexity index is 2030. The van der Waals surface area contributed by atoms with E-state index in [1.807, 2.05) is 61.6 Å². The molecule has 210 valence electrons. The van der Waals surface area contributed by atoms with Gasteiger partial charge in [-0.05, 0) is 92.7 Å². The molecule has 0 saturated carbocycles. The van der Waals surface area contributed by atoms with Crippen LogP contribution in [-0.4, -0.2) is 11.0 Å². The molecule has 4 nitrogen and oxygen atoms in total. The van der Waals surface area contributed by atoms with Gasteiger partial charge < -0.3 is 11.5 Å². The van der Waals surface area contributed by atoms with E-state index in [1.54, 1.807) is 12.2 Å². The second-order valence-corrected chi connectivity index (χ2v) is 10.3. The standard InChI is InChI=1S/C39H34N4/c1-4-26(22-30(41)25-40)12-7-10-15-37(42)28-18-20-33-31-13-8-9-14-32(31)34-21-19-29(24-36(34)35(33)23-28)39-17-11-16-38(43-39)27(5-2)6-3/h4-11,13-24,30H,1-2,12,41-42H2,3H3/b10-7-,26-22+,27-6+,37-15-. The predicted molar refractivity (Wildman–Crippen MR) is 184 cm³/mol. The van der Waals surface area contributed by atoms with Gasteiger partial charge >= 0.3 is 0 Å². The maximum Gasteiger partial charge on any atom is 0.112 e. The zero-order chi connectivity index (χ0) is 30.3. The number of aromatic nitrogens is 1. The third kappa shape index (κ3) is 6.08. The van der Waals surface area contributed by atoms with E-state index in [1.165, 1.54) is 21.5 Å². The van der Waals surface area contributed by atoms with Crippen LogP contribution >= 0.6 is 0 Å². The maximum atomic E-state index is 8.97. The number of rotatable bonds is 9. The third-order valence-corrected chi connectivity index (χ3v) is 7.61. The summed E-state index contributed by atoms with van der Waals surface area (Å²) in [5.41, 5.74) is 18.6. The molecule has 0 radical (unpaired) electrons. The molecule has 0 saturated heterocycles. The molecule has 0 fully saturated rings. The molecule has 43 heavy (non-hydrogen) atoms. The monoisotopic (exact) mass is 558 g/mol. The van der Waals surface area contributed by atoms with E-state index in [9.17, 15) is 0 Å². The first-order valence-electron chi connectivity index (χ1n) is 14.2. The molecule has 1 atom stereocenters. The summed E-state index contributed by atoms with van der Waals surface area (Å²) >= 11 is 0. The van der Waals surface area contributed by atoms with Crippen LogP contribution in [0.15, 0.2) is 140 Å². The van der Waals surface area contributed by atoms with Gasteiger partial charge in [-0.2, -0.15) is 5.26 Å². The highest BCUT2D eigenvalue weighted by molar-refractivity contribution is 6.26. The Morgan fingerprint density at radius 1 is 0.884 bits per heavy atom. The molecule has 0 amide bonds. The van der Waals surface area contributed by atoms with E-state index in [0.717, 1.165) is 44.4 Å². The first-order chi connectivity index (χ1) is 21.0. The van der Waals surface area contributed by atoms with E-state index in [4.69, 9.17) is 21.7 Å². The average Bonchev–Trinajstić information content (AvgIpc) is 3.06. The van der Waals surface area contributed by atoms with Gasteiger partial charge in [0.1, 0.15) is 6.04 Å². The average molecular weight is 559 g/mol. The fourth-order valence-corrected chi connectivity index (χ4v) is 5.38. The minimum absolute atomic E-state index is 0.608. The summed E-state index contributed by atoms with van der Waals surface area (Å²) < 4.78 is 0. The lowest BCUT2D eigenvalue weighted by atomic mass is 9.91. The number of benzene rings is 4. The summed E-state index contributed by atoms with van der Waals surface area (Å²) in [5.74, 6) is 0. The van der Waals surface area contributed by atoms with Crippen LogP contribution < -0.4 is 11.5 Å². The lowest BCUT2D eigenvalue weighted by Gasteiger charge is -2.13. The van der Waals surface area contributed by atoms with E-state index < -0.39 is 6.04 Å². The smallest absolute Gasteiger partial charge is 0.112 e. The number of pyridine rings is 1. The Morgan fingerprint density at radius 2 is 1.58 bits per heavy atom. The van der Waals surface area contributed by atoms with Gasteiger partial charge in [0.15, 0.2) is 0 Å². The number of nitriles is 1. The largest absolute Gasteiger partial charge is 0.398 e. The number of hydrogen-bond acceptors (Lipinski definition) is 4. The van der Waals surface area contributed by atoms with Crippen LogP contribution in [0, 0.1) is 11.3 Å². The van der Waals surface area contributed by atoms with Crippen LogP contribution in [0.2, 0.25) is 0 Å². The first kappa shape index (κ1) is 29.0. The third-order valence-electron chi connectivity index (χ3n) is 7.61. The molecule has 5 rings (SSSR count). The molecule has 0 aliphatic rings. The van der Waals surface area contributed by atoms with Gasteiger partial charge in [0, 0.05) is 11.3 Å². The summed E-state index contributed by atoms with van der Waals surface area (Å²) in [6.07, 6.45) is 13.7. The number of nitrogens with zero attached hydrogens (tertiary/aromatic N) is 2. The van der Waals surface area contributed by atoms with Crippen LogP contribution in [0.3, 0.4) is 0 Å². The van der Waals surface area contributed by atoms with Gasteiger partial charge in [-0.3, -0.25) is 0 Å². The van der Waals surface area contributed by atoms with Crippen molar-refractivity contribution in [2.45, 2.75) is 19.4 Å². The van der Waals surface area contributed by atoms with E-state index in [-0.39, 0.29) is 0 Å². The summed E-state index contributed by atoms with van der Waals surface area (Å²) in [6.45, 7) is 9.74. The molecule has 5 aromatic rings. The highest BCUT2D eigenvalue weighted by Crippen LogP contribution is 2.38. The summed E-state index contributed by atoms with van der Waals surface area (Å²) in [5, 5.41) is 16.0. The number of nitrogens with two attached hydrogens (primary N) is 2. The second kappa shape index (κ2) is 13.0. The highest BCUT2D eigenvalue weighted by Gasteiger charge is 2.12. The van der Waals surface area contributed by atoms with E-state index in [2.05, 4.69) is 73.8 Å². The summed E-state index contributed by atoms with van der Waals surface area (Å²) in [4.78, 5) is 4.95. The van der Waals surface area contributed by atoms with Crippen molar-refractivity contribution in [3.8, 4) is 17.3 Å². The van der Waals surface area contributed by atoms with Gasteiger partial charge in [-0.1, -0.05) is 104 Å². The fourth-order valence-electron chi connectivity index (χ4n) is 5.38. The minimum Gasteiger partial charge on any atom is -0.398 e. The van der Waals surface area contributed by atoms with Gasteiger partial charge in [0.2, 0.25) is 0 Å². The molecule has 0 spiro atoms. The maximum absolute atomic E-state index is 8.97. The summed E-state index contributed by atoms with van der Waals surface area (Å²) in [7, 11) is 0. The topological polar surface area (TPSA) is 88.7 Å². The number of hydrogen-bond donors (Lipinski definition) is 2. The molecular formula is C39H34N4. The molecule has 0 aliphatic carbocycles. The van der Waals surface area contributed by atoms with Crippen LogP contribution in [0.25, 0.3) is 54.8 Å². The lowest BCUT2D eigenvalue weighted by molar-refractivity contribution is 1.02. The number of fused-ring (bicyclic) bond motifs is 6. The van der Waals surface area contributed by atoms with Crippen molar-refractivity contribution in [2.24, 2.45) is 11.5 Å². The minimum atomic E-state index is -0.649. The molecule has 4 N–H and O–H groups in total. The van der Waals surface area contributed by atoms with Crippen molar-refractivity contribution in [2.75, 3.05) is 0 Å². The van der Waals surface area contributed by atoms with Crippen molar-refractivity contribution < 1.29 is 0 Å². The van der Waals surface area contributed by atoms with Gasteiger partial charge in [-0.25, -0.2) is 4.98 Å². The van der Waals surface area contributed by atoms with Crippen LogP contribution in [-0.2, 0) is 0 Å². The lowest BCUT2D eigenvalue weighted by Crippen LogP contribution is -2.13. The van der Waals surface area contributed by atoms with Gasteiger partial charge in [-0.15, -0.1) is 0 Å². The first-order valence-corrected chi connectivity index (χ1v) is 14.2. The van der Waals surface area contributed by atoms with Crippen molar-refractivity contribution in [1.82, 2.24) is 4.98 Å². The molecule has 4 aromatic carbocycles. The molecule has 4 heteroatoms. The number of allylic oxidation sites excluding steroid dienone is 8. The molecular weight excluding hydrogens is 524 g/mol. The van der Waals surface area contributed by atoms with Crippen LogP contribution in [0.4, 0.5) is 0 Å². The Labute approximate surface area is 253 Å². The fraction of sp³-hybridized carbons (Fsp3) is 0.0769. The van der Waals surface area contributed by atoms with Crippen molar-refractivity contribution in [3.63, 3.8) is 0 Å². The SMILES string of the molecule is C=C/C(=C\C(N)C#N)C/C=C\C=C(/N)c1ccc2c3ccccc3c3ccc(-c4cccc(/C(C=C)=C/C)n4)cc3c2c1. The van der Waals surface area contributed by atoms with E-state index in [0.29, 0.717) is 12.1 Å². The Balaban J connectivity index is 1.61. The summed E-state index contributed by atoms with van der Waals surface area (Å²) in [6, 6.07) is 29.0. The second-order valence-electron chi connectivity index (χ2n) is 10.3. The van der Waals surface area contributed by atoms with Crippen molar-refractivity contribution >= 4 is 43.6 Å².